The van der Waals surface area contributed by atoms with Crippen molar-refractivity contribution in [3.63, 3.8) is 0 Å². The zero-order chi connectivity index (χ0) is 20.2. The Kier molecular flexibility index (Phi) is 5.56. The fraction of sp³-hybridized carbons (Fsp3) is 0.292. The molecular formula is C24H25N3O2. The smallest absolute Gasteiger partial charge is 0.244 e. The van der Waals surface area contributed by atoms with Gasteiger partial charge in [-0.2, -0.15) is 5.10 Å². The number of piperidine rings is 1. The van der Waals surface area contributed by atoms with Gasteiger partial charge in [0.05, 0.1) is 5.69 Å². The number of Topliss-reactive ketones (excluding diaryl/α,β-unsaturated/α-hetero) is 1. The van der Waals surface area contributed by atoms with Gasteiger partial charge in [-0.3, -0.25) is 14.3 Å². The first-order valence-corrected chi connectivity index (χ1v) is 10.1. The summed E-state index contributed by atoms with van der Waals surface area (Å²) >= 11 is 0. The topological polar surface area (TPSA) is 55.2 Å². The minimum absolute atomic E-state index is 0.0185. The van der Waals surface area contributed by atoms with Gasteiger partial charge in [0.1, 0.15) is 6.54 Å². The van der Waals surface area contributed by atoms with E-state index in [1.165, 1.54) is 0 Å². The summed E-state index contributed by atoms with van der Waals surface area (Å²) in [4.78, 5) is 27.5. The van der Waals surface area contributed by atoms with Gasteiger partial charge in [-0.1, -0.05) is 54.6 Å². The molecule has 0 spiro atoms. The molecule has 0 aliphatic carbocycles. The number of rotatable bonds is 5. The molecule has 1 amide bonds. The SMILES string of the molecule is Cc1ccn(CC(=O)N2CCCC(C(=O)c3ccc(-c4ccccc4)cc3)C2)n1. The molecule has 5 nitrogen and oxygen atoms in total. The van der Waals surface area contributed by atoms with Gasteiger partial charge in [0.15, 0.2) is 5.78 Å². The van der Waals surface area contributed by atoms with Crippen LogP contribution in [0.3, 0.4) is 0 Å². The summed E-state index contributed by atoms with van der Waals surface area (Å²) in [5, 5.41) is 4.28. The number of carbonyl (C=O) groups is 2. The van der Waals surface area contributed by atoms with E-state index < -0.39 is 0 Å². The summed E-state index contributed by atoms with van der Waals surface area (Å²) < 4.78 is 1.66. The quantitative estimate of drug-likeness (QED) is 0.622. The highest BCUT2D eigenvalue weighted by molar-refractivity contribution is 5.98. The number of aryl methyl sites for hydroxylation is 1. The second kappa shape index (κ2) is 8.43. The number of likely N-dealkylation sites (tertiary alicyclic amines) is 1. The average Bonchev–Trinajstić information content (AvgIpc) is 3.18. The predicted molar refractivity (Wildman–Crippen MR) is 112 cm³/mol. The van der Waals surface area contributed by atoms with Crippen molar-refractivity contribution in [2.45, 2.75) is 26.3 Å². The van der Waals surface area contributed by atoms with Crippen molar-refractivity contribution in [1.29, 1.82) is 0 Å². The summed E-state index contributed by atoms with van der Waals surface area (Å²) in [6.07, 6.45) is 3.49. The normalized spacial score (nSPS) is 16.6. The number of carbonyl (C=O) groups excluding carboxylic acids is 2. The fourth-order valence-electron chi connectivity index (χ4n) is 3.90. The van der Waals surface area contributed by atoms with Gasteiger partial charge in [-0.05, 0) is 37.0 Å². The molecule has 0 bridgehead atoms. The minimum atomic E-state index is -0.144. The van der Waals surface area contributed by atoms with Gasteiger partial charge < -0.3 is 4.90 Å². The van der Waals surface area contributed by atoms with Crippen LogP contribution >= 0.6 is 0 Å². The van der Waals surface area contributed by atoms with Crippen molar-refractivity contribution < 1.29 is 9.59 Å². The lowest BCUT2D eigenvalue weighted by molar-refractivity contribution is -0.133. The van der Waals surface area contributed by atoms with E-state index in [9.17, 15) is 9.59 Å². The number of benzene rings is 2. The van der Waals surface area contributed by atoms with E-state index in [0.29, 0.717) is 18.7 Å². The number of hydrogen-bond acceptors (Lipinski definition) is 3. The maximum Gasteiger partial charge on any atom is 0.244 e. The summed E-state index contributed by atoms with van der Waals surface area (Å²) in [5.74, 6) is -0.00305. The molecule has 1 fully saturated rings. The van der Waals surface area contributed by atoms with Crippen molar-refractivity contribution in [2.75, 3.05) is 13.1 Å². The maximum atomic E-state index is 13.0. The lowest BCUT2D eigenvalue weighted by Crippen LogP contribution is -2.43. The van der Waals surface area contributed by atoms with Gasteiger partial charge in [0, 0.05) is 30.8 Å². The predicted octanol–water partition coefficient (Wildman–Crippen LogP) is 3.98. The van der Waals surface area contributed by atoms with Crippen LogP contribution in [0.1, 0.15) is 28.9 Å². The van der Waals surface area contributed by atoms with Crippen molar-refractivity contribution >= 4 is 11.7 Å². The molecule has 0 saturated carbocycles. The Bertz CT molecular complexity index is 992. The van der Waals surface area contributed by atoms with E-state index in [0.717, 1.165) is 29.7 Å². The number of nitrogens with zero attached hydrogens (tertiary/aromatic N) is 3. The molecule has 29 heavy (non-hydrogen) atoms. The molecule has 1 aliphatic rings. The third-order valence-corrected chi connectivity index (χ3v) is 5.49. The van der Waals surface area contributed by atoms with Crippen LogP contribution in [-0.4, -0.2) is 39.5 Å². The molecule has 5 heteroatoms. The standard InChI is InChI=1S/C24H25N3O2/c1-18-13-15-27(25-18)17-23(28)26-14-5-8-22(16-26)24(29)21-11-9-20(10-12-21)19-6-3-2-4-7-19/h2-4,6-7,9-13,15,22H,5,8,14,16-17H2,1H3. The van der Waals surface area contributed by atoms with Crippen LogP contribution in [0.2, 0.25) is 0 Å². The number of aromatic nitrogens is 2. The minimum Gasteiger partial charge on any atom is -0.340 e. The number of hydrogen-bond donors (Lipinski definition) is 0. The first kappa shape index (κ1) is 19.1. The van der Waals surface area contributed by atoms with E-state index in [1.807, 2.05) is 61.7 Å². The summed E-state index contributed by atoms with van der Waals surface area (Å²) in [7, 11) is 0. The molecule has 0 N–H and O–H groups in total. The van der Waals surface area contributed by atoms with Gasteiger partial charge in [0.2, 0.25) is 5.91 Å². The monoisotopic (exact) mass is 387 g/mol. The summed E-state index contributed by atoms with van der Waals surface area (Å²) in [5.41, 5.74) is 3.84. The summed E-state index contributed by atoms with van der Waals surface area (Å²) in [6.45, 7) is 3.31. The molecule has 3 aromatic rings. The Morgan fingerprint density at radius 2 is 1.72 bits per heavy atom. The largest absolute Gasteiger partial charge is 0.340 e. The molecule has 1 unspecified atom stereocenters. The zero-order valence-corrected chi connectivity index (χ0v) is 16.6. The Morgan fingerprint density at radius 1 is 1.00 bits per heavy atom. The molecule has 0 radical (unpaired) electrons. The van der Waals surface area contributed by atoms with Gasteiger partial charge in [-0.15, -0.1) is 0 Å². The fourth-order valence-corrected chi connectivity index (χ4v) is 3.90. The Labute approximate surface area is 171 Å². The molecule has 1 aliphatic heterocycles. The average molecular weight is 387 g/mol. The van der Waals surface area contributed by atoms with Crippen LogP contribution in [0.25, 0.3) is 11.1 Å². The molecule has 1 saturated heterocycles. The van der Waals surface area contributed by atoms with Gasteiger partial charge >= 0.3 is 0 Å². The van der Waals surface area contributed by atoms with Crippen LogP contribution in [0.5, 0.6) is 0 Å². The lowest BCUT2D eigenvalue weighted by atomic mass is 9.89. The van der Waals surface area contributed by atoms with E-state index in [-0.39, 0.29) is 24.2 Å². The first-order chi connectivity index (χ1) is 14.1. The molecule has 2 heterocycles. The molecule has 1 atom stereocenters. The summed E-state index contributed by atoms with van der Waals surface area (Å²) in [6, 6.07) is 19.8. The Morgan fingerprint density at radius 3 is 2.41 bits per heavy atom. The van der Waals surface area contributed by atoms with Crippen molar-refractivity contribution in [2.24, 2.45) is 5.92 Å². The van der Waals surface area contributed by atoms with Gasteiger partial charge in [0.25, 0.3) is 0 Å². The second-order valence-electron chi connectivity index (χ2n) is 7.64. The molecule has 2 aromatic carbocycles. The number of amides is 1. The van der Waals surface area contributed by atoms with Crippen LogP contribution < -0.4 is 0 Å². The van der Waals surface area contributed by atoms with Crippen molar-refractivity contribution in [3.8, 4) is 11.1 Å². The third kappa shape index (κ3) is 4.45. The first-order valence-electron chi connectivity index (χ1n) is 10.1. The Balaban J connectivity index is 1.41. The highest BCUT2D eigenvalue weighted by Gasteiger charge is 2.29. The van der Waals surface area contributed by atoms with Crippen LogP contribution in [0, 0.1) is 12.8 Å². The van der Waals surface area contributed by atoms with Crippen LogP contribution in [-0.2, 0) is 11.3 Å². The Hall–Kier alpha value is -3.21. The highest BCUT2D eigenvalue weighted by Crippen LogP contribution is 2.24. The van der Waals surface area contributed by atoms with Crippen molar-refractivity contribution in [3.05, 3.63) is 78.1 Å². The van der Waals surface area contributed by atoms with Crippen LogP contribution in [0.15, 0.2) is 66.9 Å². The van der Waals surface area contributed by atoms with Gasteiger partial charge in [-0.25, -0.2) is 0 Å². The zero-order valence-electron chi connectivity index (χ0n) is 16.6. The van der Waals surface area contributed by atoms with E-state index in [4.69, 9.17) is 0 Å². The van der Waals surface area contributed by atoms with Crippen LogP contribution in [0.4, 0.5) is 0 Å². The molecule has 4 rings (SSSR count). The second-order valence-corrected chi connectivity index (χ2v) is 7.64. The van der Waals surface area contributed by atoms with E-state index in [2.05, 4.69) is 17.2 Å². The molecule has 148 valence electrons. The third-order valence-electron chi connectivity index (χ3n) is 5.49. The maximum absolute atomic E-state index is 13.0. The lowest BCUT2D eigenvalue weighted by Gasteiger charge is -2.32. The highest BCUT2D eigenvalue weighted by atomic mass is 16.2. The van der Waals surface area contributed by atoms with E-state index >= 15 is 0 Å². The van der Waals surface area contributed by atoms with Crippen molar-refractivity contribution in [1.82, 2.24) is 14.7 Å². The van der Waals surface area contributed by atoms with E-state index in [1.54, 1.807) is 9.58 Å². The number of ketones is 1. The molecular weight excluding hydrogens is 362 g/mol. The molecule has 1 aromatic heterocycles.